The molecule has 5 fully saturated rings. The van der Waals surface area contributed by atoms with Crippen LogP contribution in [0.25, 0.3) is 11.1 Å². The van der Waals surface area contributed by atoms with Gasteiger partial charge in [0.15, 0.2) is 5.58 Å². The summed E-state index contributed by atoms with van der Waals surface area (Å²) in [6, 6.07) is 4.87. The number of carbonyl (C=O) groups is 2. The Morgan fingerprint density at radius 1 is 1.11 bits per heavy atom. The summed E-state index contributed by atoms with van der Waals surface area (Å²) < 4.78 is 6.98. The van der Waals surface area contributed by atoms with Crippen molar-refractivity contribution < 1.29 is 14.0 Å². The van der Waals surface area contributed by atoms with Crippen LogP contribution in [-0.2, 0) is 16.1 Å². The number of fused-ring (bicyclic) bond motifs is 1. The van der Waals surface area contributed by atoms with Gasteiger partial charge in [0.1, 0.15) is 6.04 Å². The Labute approximate surface area is 205 Å². The van der Waals surface area contributed by atoms with Crippen molar-refractivity contribution in [1.82, 2.24) is 14.4 Å². The zero-order chi connectivity index (χ0) is 24.3. The third-order valence-corrected chi connectivity index (χ3v) is 9.01. The molecular formula is C27H36N4O4. The standard InChI is InChI=1S/C27H36N4O4/c1-29(2)8-9-31-22-13-20(5-6-23(22)35-26(31)34)28-24(32)21-4-3-7-30(21)25(33)27-14-17-10-18(15-27)12-19(11-17)16-27/h5-6,13,17-19,21H,3-4,7-12,14-16H2,1-2H3,(H,28,32). The molecule has 1 N–H and O–H groups in total. The minimum Gasteiger partial charge on any atom is -0.408 e. The number of benzene rings is 1. The number of likely N-dealkylation sites (tertiary alicyclic amines) is 1. The van der Waals surface area contributed by atoms with Crippen molar-refractivity contribution in [2.75, 3.05) is 32.5 Å². The van der Waals surface area contributed by atoms with Gasteiger partial charge in [-0.2, -0.15) is 0 Å². The highest BCUT2D eigenvalue weighted by Gasteiger charge is 2.56. The van der Waals surface area contributed by atoms with Gasteiger partial charge in [-0.25, -0.2) is 4.79 Å². The van der Waals surface area contributed by atoms with Gasteiger partial charge in [0, 0.05) is 25.3 Å². The van der Waals surface area contributed by atoms with Gasteiger partial charge in [0.05, 0.1) is 10.9 Å². The second kappa shape index (κ2) is 8.50. The summed E-state index contributed by atoms with van der Waals surface area (Å²) in [5, 5.41) is 3.04. The van der Waals surface area contributed by atoms with Crippen molar-refractivity contribution >= 4 is 28.6 Å². The van der Waals surface area contributed by atoms with Gasteiger partial charge < -0.3 is 19.5 Å². The van der Waals surface area contributed by atoms with Gasteiger partial charge >= 0.3 is 5.76 Å². The van der Waals surface area contributed by atoms with Crippen LogP contribution in [0.15, 0.2) is 27.4 Å². The summed E-state index contributed by atoms with van der Waals surface area (Å²) in [5.41, 5.74) is 1.57. The molecular weight excluding hydrogens is 444 g/mol. The van der Waals surface area contributed by atoms with E-state index < -0.39 is 11.8 Å². The van der Waals surface area contributed by atoms with E-state index >= 15 is 0 Å². The molecule has 2 aromatic rings. The van der Waals surface area contributed by atoms with Gasteiger partial charge in [-0.15, -0.1) is 0 Å². The molecule has 1 saturated heterocycles. The Balaban J connectivity index is 1.20. The van der Waals surface area contributed by atoms with E-state index in [1.807, 2.05) is 23.9 Å². The van der Waals surface area contributed by atoms with Crippen molar-refractivity contribution in [1.29, 1.82) is 0 Å². The molecule has 1 aromatic carbocycles. The summed E-state index contributed by atoms with van der Waals surface area (Å²) in [5.74, 6) is 1.81. The molecule has 5 aliphatic rings. The lowest BCUT2D eigenvalue weighted by atomic mass is 9.49. The van der Waals surface area contributed by atoms with Gasteiger partial charge in [0.2, 0.25) is 11.8 Å². The van der Waals surface area contributed by atoms with E-state index in [0.717, 1.165) is 25.7 Å². The van der Waals surface area contributed by atoms with Gasteiger partial charge in [-0.05, 0) is 101 Å². The Kier molecular flexibility index (Phi) is 5.55. The second-order valence-electron chi connectivity index (χ2n) is 11.8. The number of carbonyl (C=O) groups excluding carboxylic acids is 2. The lowest BCUT2D eigenvalue weighted by Gasteiger charge is -2.56. The van der Waals surface area contributed by atoms with Crippen LogP contribution < -0.4 is 11.1 Å². The first-order valence-corrected chi connectivity index (χ1v) is 13.2. The monoisotopic (exact) mass is 480 g/mol. The third-order valence-electron chi connectivity index (χ3n) is 9.01. The van der Waals surface area contributed by atoms with E-state index in [2.05, 4.69) is 5.32 Å². The number of amides is 2. The minimum atomic E-state index is -0.425. The summed E-state index contributed by atoms with van der Waals surface area (Å²) in [6.45, 7) is 1.88. The summed E-state index contributed by atoms with van der Waals surface area (Å²) in [6.07, 6.45) is 8.51. The highest BCUT2D eigenvalue weighted by atomic mass is 16.4. The van der Waals surface area contributed by atoms with Crippen LogP contribution in [0.1, 0.15) is 51.4 Å². The molecule has 7 rings (SSSR count). The fourth-order valence-corrected chi connectivity index (χ4v) is 7.84. The average Bonchev–Trinajstić information content (AvgIpc) is 3.40. The van der Waals surface area contributed by atoms with E-state index in [4.69, 9.17) is 4.42 Å². The summed E-state index contributed by atoms with van der Waals surface area (Å²) in [7, 11) is 3.91. The second-order valence-corrected chi connectivity index (χ2v) is 11.8. The van der Waals surface area contributed by atoms with Crippen LogP contribution in [-0.4, -0.2) is 59.4 Å². The molecule has 0 spiro atoms. The molecule has 2 heterocycles. The number of nitrogens with zero attached hydrogens (tertiary/aromatic N) is 3. The first-order valence-electron chi connectivity index (χ1n) is 13.2. The zero-order valence-electron chi connectivity index (χ0n) is 20.8. The number of oxazole rings is 1. The van der Waals surface area contributed by atoms with Crippen LogP contribution in [0.3, 0.4) is 0 Å². The quantitative estimate of drug-likeness (QED) is 0.686. The highest BCUT2D eigenvalue weighted by molar-refractivity contribution is 5.99. The molecule has 0 radical (unpaired) electrons. The molecule has 4 aliphatic carbocycles. The van der Waals surface area contributed by atoms with Crippen LogP contribution >= 0.6 is 0 Å². The van der Waals surface area contributed by atoms with E-state index in [1.54, 1.807) is 22.8 Å². The van der Waals surface area contributed by atoms with Crippen molar-refractivity contribution in [3.63, 3.8) is 0 Å². The normalized spacial score (nSPS) is 31.6. The highest BCUT2D eigenvalue weighted by Crippen LogP contribution is 2.60. The van der Waals surface area contributed by atoms with E-state index in [9.17, 15) is 14.4 Å². The van der Waals surface area contributed by atoms with Crippen LogP contribution in [0.2, 0.25) is 0 Å². The predicted molar refractivity (Wildman–Crippen MR) is 133 cm³/mol. The fraction of sp³-hybridized carbons (Fsp3) is 0.667. The SMILES string of the molecule is CN(C)CCn1c(=O)oc2ccc(NC(=O)C3CCCN3C(=O)C34CC5CC(CC(C5)C3)C4)cc21. The van der Waals surface area contributed by atoms with Gasteiger partial charge in [0.25, 0.3) is 0 Å². The van der Waals surface area contributed by atoms with Crippen LogP contribution in [0.4, 0.5) is 5.69 Å². The summed E-state index contributed by atoms with van der Waals surface area (Å²) >= 11 is 0. The molecule has 1 unspecified atom stereocenters. The number of likely N-dealkylation sites (N-methyl/N-ethyl adjacent to an activating group) is 1. The van der Waals surface area contributed by atoms with E-state index in [1.165, 1.54) is 19.3 Å². The van der Waals surface area contributed by atoms with Crippen molar-refractivity contribution in [2.24, 2.45) is 23.2 Å². The molecule has 8 heteroatoms. The van der Waals surface area contributed by atoms with Crippen molar-refractivity contribution in [2.45, 2.75) is 64.0 Å². The van der Waals surface area contributed by atoms with Crippen LogP contribution in [0, 0.1) is 23.2 Å². The fourth-order valence-electron chi connectivity index (χ4n) is 7.84. The number of anilines is 1. The Morgan fingerprint density at radius 3 is 2.46 bits per heavy atom. The number of hydrogen-bond donors (Lipinski definition) is 1. The minimum absolute atomic E-state index is 0.134. The maximum atomic E-state index is 13.9. The number of nitrogens with one attached hydrogen (secondary N) is 1. The van der Waals surface area contributed by atoms with Crippen molar-refractivity contribution in [3.8, 4) is 0 Å². The van der Waals surface area contributed by atoms with E-state index in [-0.39, 0.29) is 17.2 Å². The Bertz CT molecular complexity index is 1180. The maximum Gasteiger partial charge on any atom is 0.419 e. The first-order chi connectivity index (χ1) is 16.8. The molecule has 1 atom stereocenters. The molecule has 2 amide bonds. The van der Waals surface area contributed by atoms with Gasteiger partial charge in [-0.1, -0.05) is 0 Å². The molecule has 35 heavy (non-hydrogen) atoms. The number of aromatic nitrogens is 1. The Hall–Kier alpha value is -2.61. The number of hydrogen-bond acceptors (Lipinski definition) is 5. The zero-order valence-corrected chi connectivity index (χ0v) is 20.8. The Morgan fingerprint density at radius 2 is 1.80 bits per heavy atom. The largest absolute Gasteiger partial charge is 0.419 e. The lowest BCUT2D eigenvalue weighted by Crippen LogP contribution is -2.56. The smallest absolute Gasteiger partial charge is 0.408 e. The summed E-state index contributed by atoms with van der Waals surface area (Å²) in [4.78, 5) is 43.5. The molecule has 4 bridgehead atoms. The van der Waals surface area contributed by atoms with Crippen molar-refractivity contribution in [3.05, 3.63) is 28.7 Å². The predicted octanol–water partition coefficient (Wildman–Crippen LogP) is 3.30. The van der Waals surface area contributed by atoms with E-state index in [0.29, 0.717) is 60.6 Å². The lowest BCUT2D eigenvalue weighted by molar-refractivity contribution is -0.160. The maximum absolute atomic E-state index is 13.9. The topological polar surface area (TPSA) is 87.8 Å². The molecule has 188 valence electrons. The van der Waals surface area contributed by atoms with Crippen LogP contribution in [0.5, 0.6) is 0 Å². The number of rotatable bonds is 6. The molecule has 1 aromatic heterocycles. The first kappa shape index (κ1) is 22.8. The van der Waals surface area contributed by atoms with Gasteiger partial charge in [-0.3, -0.25) is 14.2 Å². The average molecular weight is 481 g/mol. The molecule has 1 aliphatic heterocycles. The third kappa shape index (κ3) is 3.99. The molecule has 4 saturated carbocycles. The molecule has 8 nitrogen and oxygen atoms in total.